The molecule has 0 bridgehead atoms. The molecule has 1 rings (SSSR count). The minimum Gasteiger partial charge on any atom is -0.295 e. The highest BCUT2D eigenvalue weighted by atomic mass is 19.4. The van der Waals surface area contributed by atoms with E-state index in [2.05, 4.69) is 0 Å². The molecule has 54 valence electrons. The van der Waals surface area contributed by atoms with Crippen LogP contribution in [0.5, 0.6) is 0 Å². The lowest BCUT2D eigenvalue weighted by molar-refractivity contribution is -0.205. The van der Waals surface area contributed by atoms with Crippen LogP contribution in [0, 0.1) is 0 Å². The summed E-state index contributed by atoms with van der Waals surface area (Å²) in [5.41, 5.74) is 0. The van der Waals surface area contributed by atoms with E-state index < -0.39 is 12.2 Å². The molecular formula is C5H8F3N. The average Bonchev–Trinajstić information content (AvgIpc) is 1.57. The normalized spacial score (nSPS) is 30.0. The van der Waals surface area contributed by atoms with Crippen LogP contribution in [0.15, 0.2) is 0 Å². The van der Waals surface area contributed by atoms with Gasteiger partial charge in [0.05, 0.1) is 0 Å². The van der Waals surface area contributed by atoms with Gasteiger partial charge in [0.2, 0.25) is 0 Å². The molecule has 0 unspecified atom stereocenters. The Morgan fingerprint density at radius 1 is 1.44 bits per heavy atom. The van der Waals surface area contributed by atoms with E-state index in [0.717, 1.165) is 0 Å². The zero-order valence-electron chi connectivity index (χ0n) is 5.07. The first-order valence-corrected chi connectivity index (χ1v) is 2.79. The van der Waals surface area contributed by atoms with Gasteiger partial charge in [-0.2, -0.15) is 13.2 Å². The van der Waals surface area contributed by atoms with Crippen molar-refractivity contribution in [3.05, 3.63) is 0 Å². The van der Waals surface area contributed by atoms with E-state index in [1.807, 2.05) is 0 Å². The summed E-state index contributed by atoms with van der Waals surface area (Å²) in [5, 5.41) is 0. The zero-order valence-corrected chi connectivity index (χ0v) is 5.07. The fraction of sp³-hybridized carbons (Fsp3) is 1.00. The van der Waals surface area contributed by atoms with Crippen LogP contribution in [0.25, 0.3) is 0 Å². The van der Waals surface area contributed by atoms with Crippen molar-refractivity contribution < 1.29 is 13.2 Å². The van der Waals surface area contributed by atoms with E-state index in [-0.39, 0.29) is 6.42 Å². The maximum absolute atomic E-state index is 11.7. The topological polar surface area (TPSA) is 3.24 Å². The number of rotatable bonds is 0. The molecule has 0 aromatic carbocycles. The van der Waals surface area contributed by atoms with Gasteiger partial charge < -0.3 is 0 Å². The van der Waals surface area contributed by atoms with Crippen molar-refractivity contribution in [2.24, 2.45) is 0 Å². The molecule has 0 amide bonds. The minimum absolute atomic E-state index is 0.264. The van der Waals surface area contributed by atoms with E-state index in [9.17, 15) is 13.2 Å². The van der Waals surface area contributed by atoms with Crippen molar-refractivity contribution in [3.63, 3.8) is 0 Å². The third-order valence-corrected chi connectivity index (χ3v) is 1.67. The summed E-state index contributed by atoms with van der Waals surface area (Å²) >= 11 is 0. The van der Waals surface area contributed by atoms with Gasteiger partial charge in [-0.3, -0.25) is 4.90 Å². The maximum Gasteiger partial charge on any atom is 0.404 e. The van der Waals surface area contributed by atoms with Crippen molar-refractivity contribution in [2.75, 3.05) is 13.6 Å². The lowest BCUT2D eigenvalue weighted by atomic mass is 10.0. The van der Waals surface area contributed by atoms with Gasteiger partial charge in [0, 0.05) is 6.54 Å². The second-order valence-electron chi connectivity index (χ2n) is 2.33. The largest absolute Gasteiger partial charge is 0.404 e. The van der Waals surface area contributed by atoms with Crippen LogP contribution in [0.1, 0.15) is 6.42 Å². The Morgan fingerprint density at radius 3 is 2.00 bits per heavy atom. The predicted octanol–water partition coefficient (Wildman–Crippen LogP) is 1.25. The van der Waals surface area contributed by atoms with Gasteiger partial charge in [-0.15, -0.1) is 0 Å². The molecule has 0 saturated carbocycles. The molecule has 1 heterocycles. The highest BCUT2D eigenvalue weighted by Gasteiger charge is 2.46. The maximum atomic E-state index is 11.7. The molecule has 0 aromatic heterocycles. The third kappa shape index (κ3) is 1.18. The number of hydrogen-bond donors (Lipinski definition) is 0. The predicted molar refractivity (Wildman–Crippen MR) is 27.1 cm³/mol. The Morgan fingerprint density at radius 2 is 2.00 bits per heavy atom. The summed E-state index contributed by atoms with van der Waals surface area (Å²) in [7, 11) is 1.49. The van der Waals surface area contributed by atoms with Crippen molar-refractivity contribution in [2.45, 2.75) is 18.6 Å². The zero-order chi connectivity index (χ0) is 7.07. The van der Waals surface area contributed by atoms with Crippen molar-refractivity contribution in [1.29, 1.82) is 0 Å². The first kappa shape index (κ1) is 6.86. The summed E-state index contributed by atoms with van der Waals surface area (Å²) in [6, 6.07) is -1.17. The lowest BCUT2D eigenvalue weighted by Gasteiger charge is -2.38. The van der Waals surface area contributed by atoms with Gasteiger partial charge in [0.15, 0.2) is 0 Å². The molecule has 1 fully saturated rings. The summed E-state index contributed by atoms with van der Waals surface area (Å²) in [4.78, 5) is 1.31. The van der Waals surface area contributed by atoms with Gasteiger partial charge >= 0.3 is 6.18 Å². The Kier molecular flexibility index (Phi) is 1.42. The molecule has 9 heavy (non-hydrogen) atoms. The fourth-order valence-electron chi connectivity index (χ4n) is 0.930. The lowest BCUT2D eigenvalue weighted by Crippen LogP contribution is -2.53. The first-order chi connectivity index (χ1) is 4.02. The molecule has 1 aliphatic rings. The third-order valence-electron chi connectivity index (χ3n) is 1.67. The quantitative estimate of drug-likeness (QED) is 0.488. The second kappa shape index (κ2) is 1.87. The van der Waals surface area contributed by atoms with Gasteiger partial charge in [0.25, 0.3) is 0 Å². The summed E-state index contributed by atoms with van der Waals surface area (Å²) < 4.78 is 35.1. The summed E-state index contributed by atoms with van der Waals surface area (Å²) in [5.74, 6) is 0. The fourth-order valence-corrected chi connectivity index (χ4v) is 0.930. The molecule has 0 N–H and O–H groups in total. The van der Waals surface area contributed by atoms with Crippen LogP contribution in [-0.2, 0) is 0 Å². The van der Waals surface area contributed by atoms with Crippen LogP contribution in [0.3, 0.4) is 0 Å². The van der Waals surface area contributed by atoms with Crippen LogP contribution in [0.4, 0.5) is 13.2 Å². The Bertz CT molecular complexity index is 109. The number of halogens is 3. The van der Waals surface area contributed by atoms with Crippen LogP contribution >= 0.6 is 0 Å². The molecular weight excluding hydrogens is 131 g/mol. The van der Waals surface area contributed by atoms with E-state index in [0.29, 0.717) is 6.54 Å². The summed E-state index contributed by atoms with van der Waals surface area (Å²) in [6.45, 7) is 0.574. The monoisotopic (exact) mass is 139 g/mol. The summed E-state index contributed by atoms with van der Waals surface area (Å²) in [6.07, 6.45) is -3.74. The van der Waals surface area contributed by atoms with E-state index >= 15 is 0 Å². The number of nitrogens with zero attached hydrogens (tertiary/aromatic N) is 1. The standard InChI is InChI=1S/C5H8F3N/c1-9-3-2-4(9)5(6,7)8/h4H,2-3H2,1H3/t4-/m0/s1. The van der Waals surface area contributed by atoms with E-state index in [1.54, 1.807) is 0 Å². The van der Waals surface area contributed by atoms with E-state index in [4.69, 9.17) is 0 Å². The number of likely N-dealkylation sites (tertiary alicyclic amines) is 1. The van der Waals surface area contributed by atoms with Crippen LogP contribution in [-0.4, -0.2) is 30.7 Å². The molecule has 0 aliphatic carbocycles. The number of alkyl halides is 3. The molecule has 1 saturated heterocycles. The van der Waals surface area contributed by atoms with Crippen LogP contribution in [0.2, 0.25) is 0 Å². The molecule has 1 nitrogen and oxygen atoms in total. The SMILES string of the molecule is CN1CC[C@H]1C(F)(F)F. The first-order valence-electron chi connectivity index (χ1n) is 2.79. The molecule has 1 aliphatic heterocycles. The smallest absolute Gasteiger partial charge is 0.295 e. The van der Waals surface area contributed by atoms with Gasteiger partial charge in [0.1, 0.15) is 6.04 Å². The average molecular weight is 139 g/mol. The van der Waals surface area contributed by atoms with Crippen molar-refractivity contribution in [1.82, 2.24) is 4.90 Å². The highest BCUT2D eigenvalue weighted by molar-refractivity contribution is 4.85. The Labute approximate surface area is 51.4 Å². The Hall–Kier alpha value is -0.250. The van der Waals surface area contributed by atoms with Gasteiger partial charge in [-0.1, -0.05) is 0 Å². The van der Waals surface area contributed by atoms with Crippen LogP contribution < -0.4 is 0 Å². The van der Waals surface area contributed by atoms with Gasteiger partial charge in [-0.25, -0.2) is 0 Å². The number of hydrogen-bond acceptors (Lipinski definition) is 1. The Balaban J connectivity index is 2.44. The van der Waals surface area contributed by atoms with Gasteiger partial charge in [-0.05, 0) is 13.5 Å². The molecule has 0 radical (unpaired) electrons. The molecule has 0 aromatic rings. The van der Waals surface area contributed by atoms with E-state index in [1.165, 1.54) is 11.9 Å². The molecule has 1 atom stereocenters. The molecule has 4 heteroatoms. The van der Waals surface area contributed by atoms with Crippen molar-refractivity contribution >= 4 is 0 Å². The second-order valence-corrected chi connectivity index (χ2v) is 2.33. The molecule has 0 spiro atoms. The van der Waals surface area contributed by atoms with Crippen molar-refractivity contribution in [3.8, 4) is 0 Å². The minimum atomic E-state index is -4.01. The highest BCUT2D eigenvalue weighted by Crippen LogP contribution is 2.31.